The Hall–Kier alpha value is -1.38. The van der Waals surface area contributed by atoms with Gasteiger partial charge in [0, 0.05) is 0 Å². The Bertz CT molecular complexity index is 619. The molecule has 0 aromatic heterocycles. The van der Waals surface area contributed by atoms with Gasteiger partial charge in [0.05, 0.1) is 12.4 Å². The Morgan fingerprint density at radius 2 is 1.61 bits per heavy atom. The standard InChI is InChI=1S/C28H44F2O/c1-3-5-6-7-8-9-10-14-25(31-22-4-2)15-11-13-23-18-20-24(21-19-23)26-16-12-17-27(29)28(26)30/h4,12,16-17,22-25H,3,5-11,13-15,18-21H2,1-2H3/b22-4+. The molecule has 176 valence electrons. The molecule has 1 aromatic rings. The van der Waals surface area contributed by atoms with Crippen molar-refractivity contribution >= 4 is 0 Å². The molecule has 0 bridgehead atoms. The van der Waals surface area contributed by atoms with E-state index in [0.29, 0.717) is 17.6 Å². The Labute approximate surface area is 189 Å². The molecule has 1 saturated carbocycles. The second kappa shape index (κ2) is 15.4. The van der Waals surface area contributed by atoms with Crippen LogP contribution in [-0.2, 0) is 4.74 Å². The van der Waals surface area contributed by atoms with Gasteiger partial charge >= 0.3 is 0 Å². The Balaban J connectivity index is 1.64. The van der Waals surface area contributed by atoms with E-state index in [1.54, 1.807) is 12.1 Å². The fourth-order valence-electron chi connectivity index (χ4n) is 5.03. The van der Waals surface area contributed by atoms with Gasteiger partial charge in [-0.05, 0) is 81.8 Å². The van der Waals surface area contributed by atoms with E-state index in [0.717, 1.165) is 38.5 Å². The van der Waals surface area contributed by atoms with Crippen LogP contribution in [0.2, 0.25) is 0 Å². The van der Waals surface area contributed by atoms with Crippen molar-refractivity contribution < 1.29 is 13.5 Å². The van der Waals surface area contributed by atoms with E-state index in [2.05, 4.69) is 6.92 Å². The number of rotatable bonds is 15. The SMILES string of the molecule is C/C=C/OC(CCCCCCCCC)CCCC1CCC(c2cccc(F)c2F)CC1. The number of allylic oxidation sites excluding steroid dienone is 1. The lowest BCUT2D eigenvalue weighted by molar-refractivity contribution is 0.118. The van der Waals surface area contributed by atoms with Crippen molar-refractivity contribution in [3.63, 3.8) is 0 Å². The van der Waals surface area contributed by atoms with Crippen LogP contribution >= 0.6 is 0 Å². The van der Waals surface area contributed by atoms with E-state index in [1.807, 2.05) is 19.3 Å². The van der Waals surface area contributed by atoms with Crippen molar-refractivity contribution in [3.05, 3.63) is 47.7 Å². The quantitative estimate of drug-likeness (QED) is 0.197. The Kier molecular flexibility index (Phi) is 12.9. The molecule has 0 heterocycles. The number of halogens is 2. The smallest absolute Gasteiger partial charge is 0.162 e. The minimum Gasteiger partial charge on any atom is -0.498 e. The van der Waals surface area contributed by atoms with Crippen LogP contribution in [-0.4, -0.2) is 6.10 Å². The molecule has 0 aliphatic heterocycles. The maximum atomic E-state index is 14.1. The molecular formula is C28H44F2O. The van der Waals surface area contributed by atoms with Crippen molar-refractivity contribution in [2.75, 3.05) is 0 Å². The van der Waals surface area contributed by atoms with E-state index in [1.165, 1.54) is 63.9 Å². The number of benzene rings is 1. The van der Waals surface area contributed by atoms with Crippen molar-refractivity contribution in [2.45, 2.75) is 122 Å². The minimum atomic E-state index is -0.715. The molecule has 31 heavy (non-hydrogen) atoms. The summed E-state index contributed by atoms with van der Waals surface area (Å²) in [5.41, 5.74) is 0.577. The average molecular weight is 435 g/mol. The van der Waals surface area contributed by atoms with Crippen LogP contribution in [0.15, 0.2) is 30.5 Å². The van der Waals surface area contributed by atoms with Gasteiger partial charge in [-0.3, -0.25) is 0 Å². The molecule has 1 unspecified atom stereocenters. The molecule has 2 rings (SSSR count). The van der Waals surface area contributed by atoms with Gasteiger partial charge in [-0.25, -0.2) is 8.78 Å². The highest BCUT2D eigenvalue weighted by molar-refractivity contribution is 5.23. The van der Waals surface area contributed by atoms with E-state index >= 15 is 0 Å². The lowest BCUT2D eigenvalue weighted by Crippen LogP contribution is -2.16. The molecule has 0 amide bonds. The number of hydrogen-bond donors (Lipinski definition) is 0. The summed E-state index contributed by atoms with van der Waals surface area (Å²) in [5.74, 6) is -0.461. The fraction of sp³-hybridized carbons (Fsp3) is 0.714. The van der Waals surface area contributed by atoms with Gasteiger partial charge in [-0.1, -0.05) is 70.1 Å². The fourth-order valence-corrected chi connectivity index (χ4v) is 5.03. The monoisotopic (exact) mass is 434 g/mol. The lowest BCUT2D eigenvalue weighted by atomic mass is 9.77. The van der Waals surface area contributed by atoms with Crippen molar-refractivity contribution in [2.24, 2.45) is 5.92 Å². The normalized spacial score (nSPS) is 20.3. The molecule has 0 radical (unpaired) electrons. The largest absolute Gasteiger partial charge is 0.498 e. The van der Waals surface area contributed by atoms with Crippen LogP contribution < -0.4 is 0 Å². The summed E-state index contributed by atoms with van der Waals surface area (Å²) in [4.78, 5) is 0. The summed E-state index contributed by atoms with van der Waals surface area (Å²) >= 11 is 0. The topological polar surface area (TPSA) is 9.23 Å². The molecule has 1 aliphatic rings. The highest BCUT2D eigenvalue weighted by Gasteiger charge is 2.25. The first-order chi connectivity index (χ1) is 15.2. The molecule has 3 heteroatoms. The summed E-state index contributed by atoms with van der Waals surface area (Å²) in [6.07, 6.45) is 22.4. The summed E-state index contributed by atoms with van der Waals surface area (Å²) in [6.45, 7) is 4.27. The van der Waals surface area contributed by atoms with Crippen LogP contribution in [0, 0.1) is 17.6 Å². The van der Waals surface area contributed by atoms with Gasteiger partial charge in [0.15, 0.2) is 11.6 Å². The summed E-state index contributed by atoms with van der Waals surface area (Å²) < 4.78 is 33.6. The van der Waals surface area contributed by atoms with Gasteiger partial charge in [0.1, 0.15) is 0 Å². The van der Waals surface area contributed by atoms with Crippen LogP contribution in [0.1, 0.15) is 122 Å². The zero-order valence-electron chi connectivity index (χ0n) is 19.9. The van der Waals surface area contributed by atoms with E-state index < -0.39 is 11.6 Å². The maximum Gasteiger partial charge on any atom is 0.162 e. The van der Waals surface area contributed by atoms with Crippen molar-refractivity contribution in [1.82, 2.24) is 0 Å². The third-order valence-corrected chi connectivity index (χ3v) is 6.94. The minimum absolute atomic E-state index is 0.176. The first-order valence-electron chi connectivity index (χ1n) is 12.9. The first-order valence-corrected chi connectivity index (χ1v) is 12.9. The predicted octanol–water partition coefficient (Wildman–Crippen LogP) is 9.47. The van der Waals surface area contributed by atoms with Gasteiger partial charge in [-0.15, -0.1) is 0 Å². The second-order valence-corrected chi connectivity index (χ2v) is 9.43. The van der Waals surface area contributed by atoms with Crippen LogP contribution in [0.5, 0.6) is 0 Å². The molecule has 0 spiro atoms. The molecule has 0 N–H and O–H groups in total. The molecule has 1 aliphatic carbocycles. The number of ether oxygens (including phenoxy) is 1. The second-order valence-electron chi connectivity index (χ2n) is 9.43. The predicted molar refractivity (Wildman–Crippen MR) is 127 cm³/mol. The van der Waals surface area contributed by atoms with Crippen LogP contribution in [0.4, 0.5) is 8.78 Å². The third kappa shape index (κ3) is 9.74. The molecular weight excluding hydrogens is 390 g/mol. The number of unbranched alkanes of at least 4 members (excludes halogenated alkanes) is 6. The van der Waals surface area contributed by atoms with Crippen molar-refractivity contribution in [3.8, 4) is 0 Å². The van der Waals surface area contributed by atoms with Crippen LogP contribution in [0.3, 0.4) is 0 Å². The molecule has 1 nitrogen and oxygen atoms in total. The maximum absolute atomic E-state index is 14.1. The zero-order chi connectivity index (χ0) is 22.3. The first kappa shape index (κ1) is 25.9. The third-order valence-electron chi connectivity index (χ3n) is 6.94. The Morgan fingerprint density at radius 1 is 0.935 bits per heavy atom. The van der Waals surface area contributed by atoms with Gasteiger partial charge in [-0.2, -0.15) is 0 Å². The average Bonchev–Trinajstić information content (AvgIpc) is 2.78. The molecule has 0 saturated heterocycles. The summed E-state index contributed by atoms with van der Waals surface area (Å²) in [7, 11) is 0. The molecule has 1 aromatic carbocycles. The highest BCUT2D eigenvalue weighted by atomic mass is 19.2. The zero-order valence-corrected chi connectivity index (χ0v) is 19.9. The van der Waals surface area contributed by atoms with E-state index in [4.69, 9.17) is 4.74 Å². The highest BCUT2D eigenvalue weighted by Crippen LogP contribution is 2.39. The van der Waals surface area contributed by atoms with Gasteiger partial charge in [0.2, 0.25) is 0 Å². The lowest BCUT2D eigenvalue weighted by Gasteiger charge is -2.29. The molecule has 1 fully saturated rings. The van der Waals surface area contributed by atoms with E-state index in [-0.39, 0.29) is 5.92 Å². The summed E-state index contributed by atoms with van der Waals surface area (Å²) in [5, 5.41) is 0. The van der Waals surface area contributed by atoms with Gasteiger partial charge in [0.25, 0.3) is 0 Å². The van der Waals surface area contributed by atoms with Gasteiger partial charge < -0.3 is 4.74 Å². The summed E-state index contributed by atoms with van der Waals surface area (Å²) in [6, 6.07) is 4.61. The Morgan fingerprint density at radius 3 is 2.32 bits per heavy atom. The van der Waals surface area contributed by atoms with Crippen molar-refractivity contribution in [1.29, 1.82) is 0 Å². The van der Waals surface area contributed by atoms with E-state index in [9.17, 15) is 8.78 Å². The van der Waals surface area contributed by atoms with Crippen LogP contribution in [0.25, 0.3) is 0 Å². The number of hydrogen-bond acceptors (Lipinski definition) is 1. The molecule has 1 atom stereocenters.